The van der Waals surface area contributed by atoms with Crippen LogP contribution < -0.4 is 5.32 Å². The molecule has 1 amide bonds. The van der Waals surface area contributed by atoms with Crippen LogP contribution in [0.1, 0.15) is 6.92 Å². The smallest absolute Gasteiger partial charge is 0.234 e. The molecule has 0 heterocycles. The molecule has 72 valence electrons. The van der Waals surface area contributed by atoms with E-state index in [2.05, 4.69) is 5.32 Å². The molecule has 0 fully saturated rings. The van der Waals surface area contributed by atoms with Crippen LogP contribution in [-0.2, 0) is 14.8 Å². The topological polar surface area (TPSA) is 66.5 Å². The van der Waals surface area contributed by atoms with Crippen LogP contribution in [0.3, 0.4) is 0 Å². The van der Waals surface area contributed by atoms with E-state index in [1.807, 2.05) is 0 Å². The Balaban J connectivity index is 4.36. The molecular formula is C6H14N2O3S. The van der Waals surface area contributed by atoms with Gasteiger partial charge in [0.2, 0.25) is 15.9 Å². The number of carbonyl (C=O) groups excluding carboxylic acids is 1. The molecule has 0 aliphatic carbocycles. The molecule has 6 heteroatoms. The molecule has 0 atom stereocenters. The summed E-state index contributed by atoms with van der Waals surface area (Å²) in [5, 5.41) is 2.77. The predicted molar refractivity (Wildman–Crippen MR) is 46.2 cm³/mol. The minimum absolute atomic E-state index is 0.185. The van der Waals surface area contributed by atoms with Crippen molar-refractivity contribution in [3.63, 3.8) is 0 Å². The van der Waals surface area contributed by atoms with Gasteiger partial charge in [0.25, 0.3) is 0 Å². The summed E-state index contributed by atoms with van der Waals surface area (Å²) in [6.07, 6.45) is 1.02. The molecule has 0 aromatic carbocycles. The fourth-order valence-electron chi connectivity index (χ4n) is 0.770. The first kappa shape index (κ1) is 11.4. The number of amides is 1. The summed E-state index contributed by atoms with van der Waals surface area (Å²) in [5.74, 6) is -0.451. The van der Waals surface area contributed by atoms with Crippen LogP contribution in [0.2, 0.25) is 0 Å². The Morgan fingerprint density at radius 3 is 2.25 bits per heavy atom. The van der Waals surface area contributed by atoms with E-state index in [4.69, 9.17) is 0 Å². The molecule has 0 saturated carbocycles. The Bertz CT molecular complexity index is 248. The summed E-state index contributed by atoms with van der Waals surface area (Å²) >= 11 is 0. The number of rotatable bonds is 4. The van der Waals surface area contributed by atoms with Gasteiger partial charge >= 0.3 is 0 Å². The lowest BCUT2D eigenvalue weighted by molar-refractivity contribution is -0.124. The molecular weight excluding hydrogens is 180 g/mol. The maximum atomic E-state index is 11.0. The Morgan fingerprint density at radius 2 is 2.00 bits per heavy atom. The highest BCUT2D eigenvalue weighted by Crippen LogP contribution is 1.96. The molecule has 0 bridgehead atoms. The van der Waals surface area contributed by atoms with Crippen molar-refractivity contribution in [1.29, 1.82) is 0 Å². The summed E-state index contributed by atoms with van der Waals surface area (Å²) in [7, 11) is -1.70. The molecule has 0 aromatic rings. The minimum atomic E-state index is -3.39. The number of hydrogen-bond donors (Lipinski definition) is 1. The summed E-state index contributed by atoms with van der Waals surface area (Å²) in [5.41, 5.74) is 0. The van der Waals surface area contributed by atoms with E-state index in [0.717, 1.165) is 10.6 Å². The van der Waals surface area contributed by atoms with Crippen molar-refractivity contribution in [3.8, 4) is 0 Å². The molecule has 0 saturated heterocycles. The van der Waals surface area contributed by atoms with Gasteiger partial charge in [-0.1, -0.05) is 0 Å². The zero-order valence-electron chi connectivity index (χ0n) is 7.49. The molecule has 0 aliphatic heterocycles. The highest BCUT2D eigenvalue weighted by molar-refractivity contribution is 7.88. The van der Waals surface area contributed by atoms with Crippen molar-refractivity contribution in [2.75, 3.05) is 26.4 Å². The van der Waals surface area contributed by atoms with Gasteiger partial charge in [0, 0.05) is 20.0 Å². The van der Waals surface area contributed by atoms with Gasteiger partial charge in [-0.2, -0.15) is 0 Å². The van der Waals surface area contributed by atoms with Crippen LogP contribution in [0.4, 0.5) is 0 Å². The quantitative estimate of drug-likeness (QED) is 0.624. The number of nitrogens with zero attached hydrogens (tertiary/aromatic N) is 1. The van der Waals surface area contributed by atoms with Crippen LogP contribution >= 0.6 is 0 Å². The third kappa shape index (κ3) is 3.68. The second kappa shape index (κ2) is 4.42. The number of likely N-dealkylation sites (N-methyl/N-ethyl adjacent to an activating group) is 1. The monoisotopic (exact) mass is 194 g/mol. The molecule has 0 radical (unpaired) electrons. The highest BCUT2D eigenvalue weighted by Gasteiger charge is 2.17. The Morgan fingerprint density at radius 1 is 1.50 bits per heavy atom. The molecule has 0 rings (SSSR count). The summed E-state index contributed by atoms with van der Waals surface area (Å²) < 4.78 is 22.7. The third-order valence-corrected chi connectivity index (χ3v) is 2.56. The maximum Gasteiger partial charge on any atom is 0.234 e. The van der Waals surface area contributed by atoms with Gasteiger partial charge in [0.15, 0.2) is 0 Å². The van der Waals surface area contributed by atoms with E-state index < -0.39 is 15.9 Å². The molecule has 0 unspecified atom stereocenters. The molecule has 1 N–H and O–H groups in total. The lowest BCUT2D eigenvalue weighted by Gasteiger charge is -2.17. The van der Waals surface area contributed by atoms with Gasteiger partial charge < -0.3 is 5.32 Å². The maximum absolute atomic E-state index is 11.0. The average molecular weight is 194 g/mol. The first-order valence-electron chi connectivity index (χ1n) is 3.52. The van der Waals surface area contributed by atoms with Crippen molar-refractivity contribution >= 4 is 15.9 Å². The van der Waals surface area contributed by atoms with E-state index in [1.54, 1.807) is 7.05 Å². The molecule has 0 spiro atoms. The summed E-state index contributed by atoms with van der Waals surface area (Å²) in [4.78, 5) is 10.8. The Labute approximate surface area is 72.8 Å². The SMILES string of the molecule is CNCCN(C(C)=O)S(C)(=O)=O. The third-order valence-electron chi connectivity index (χ3n) is 1.32. The zero-order valence-corrected chi connectivity index (χ0v) is 8.31. The van der Waals surface area contributed by atoms with E-state index in [1.165, 1.54) is 6.92 Å². The van der Waals surface area contributed by atoms with Gasteiger partial charge in [-0.25, -0.2) is 12.7 Å². The molecule has 12 heavy (non-hydrogen) atoms. The van der Waals surface area contributed by atoms with Crippen LogP contribution in [0.15, 0.2) is 0 Å². The van der Waals surface area contributed by atoms with Gasteiger partial charge in [-0.3, -0.25) is 4.79 Å². The standard InChI is InChI=1S/C6H14N2O3S/c1-6(9)8(5-4-7-2)12(3,10)11/h7H,4-5H2,1-3H3. The van der Waals surface area contributed by atoms with Crippen LogP contribution in [0.25, 0.3) is 0 Å². The van der Waals surface area contributed by atoms with Gasteiger partial charge in [-0.15, -0.1) is 0 Å². The van der Waals surface area contributed by atoms with E-state index in [9.17, 15) is 13.2 Å². The van der Waals surface area contributed by atoms with Crippen molar-refractivity contribution in [3.05, 3.63) is 0 Å². The van der Waals surface area contributed by atoms with Crippen molar-refractivity contribution in [1.82, 2.24) is 9.62 Å². The average Bonchev–Trinajstić information content (AvgIpc) is 1.84. The first-order valence-corrected chi connectivity index (χ1v) is 5.37. The fraction of sp³-hybridized carbons (Fsp3) is 0.833. The number of sulfonamides is 1. The van der Waals surface area contributed by atoms with Crippen molar-refractivity contribution < 1.29 is 13.2 Å². The summed E-state index contributed by atoms with van der Waals surface area (Å²) in [6, 6.07) is 0. The molecule has 0 aromatic heterocycles. The largest absolute Gasteiger partial charge is 0.318 e. The van der Waals surface area contributed by atoms with Crippen LogP contribution in [0, 0.1) is 0 Å². The van der Waals surface area contributed by atoms with E-state index in [-0.39, 0.29) is 6.54 Å². The first-order chi connectivity index (χ1) is 5.39. The Kier molecular flexibility index (Phi) is 4.19. The lowest BCUT2D eigenvalue weighted by atomic mass is 10.6. The van der Waals surface area contributed by atoms with Gasteiger partial charge in [0.05, 0.1) is 6.26 Å². The number of carbonyl (C=O) groups is 1. The number of hydrogen-bond acceptors (Lipinski definition) is 4. The predicted octanol–water partition coefficient (Wildman–Crippen LogP) is -0.986. The fourth-order valence-corrected chi connectivity index (χ4v) is 1.66. The molecule has 0 aliphatic rings. The van der Waals surface area contributed by atoms with E-state index >= 15 is 0 Å². The van der Waals surface area contributed by atoms with Crippen molar-refractivity contribution in [2.24, 2.45) is 0 Å². The van der Waals surface area contributed by atoms with Crippen molar-refractivity contribution in [2.45, 2.75) is 6.92 Å². The Hall–Kier alpha value is -0.620. The second-order valence-corrected chi connectivity index (χ2v) is 4.36. The van der Waals surface area contributed by atoms with Gasteiger partial charge in [0.1, 0.15) is 0 Å². The van der Waals surface area contributed by atoms with Crippen LogP contribution in [0.5, 0.6) is 0 Å². The molecule has 5 nitrogen and oxygen atoms in total. The second-order valence-electron chi connectivity index (χ2n) is 2.46. The number of nitrogens with one attached hydrogen (secondary N) is 1. The normalized spacial score (nSPS) is 11.2. The minimum Gasteiger partial charge on any atom is -0.318 e. The highest BCUT2D eigenvalue weighted by atomic mass is 32.2. The summed E-state index contributed by atoms with van der Waals surface area (Å²) in [6.45, 7) is 1.88. The van der Waals surface area contributed by atoms with E-state index in [0.29, 0.717) is 6.54 Å². The van der Waals surface area contributed by atoms with Gasteiger partial charge in [-0.05, 0) is 7.05 Å². The zero-order chi connectivity index (χ0) is 9.78. The van der Waals surface area contributed by atoms with Crippen LogP contribution in [-0.4, -0.2) is 45.0 Å². The lowest BCUT2D eigenvalue weighted by Crippen LogP contribution is -2.38.